The van der Waals surface area contributed by atoms with Crippen LogP contribution < -0.4 is 14.9 Å². The highest BCUT2D eigenvalue weighted by molar-refractivity contribution is 7.07. The quantitative estimate of drug-likeness (QED) is 0.140. The number of benzene rings is 2. The average Bonchev–Trinajstić information content (AvgIpc) is 3.48. The van der Waals surface area contributed by atoms with E-state index in [-0.39, 0.29) is 33.0 Å². The molecule has 0 saturated heterocycles. The third kappa shape index (κ3) is 5.60. The van der Waals surface area contributed by atoms with Crippen LogP contribution in [0.15, 0.2) is 74.0 Å². The number of esters is 1. The molecule has 2 aromatic carbocycles. The van der Waals surface area contributed by atoms with Crippen LogP contribution in [0, 0.1) is 10.1 Å². The Morgan fingerprint density at radius 1 is 1.15 bits per heavy atom. The Kier molecular flexibility index (Phi) is 7.93. The lowest BCUT2D eigenvalue weighted by atomic mass is 9.96. The van der Waals surface area contributed by atoms with Crippen LogP contribution in [-0.2, 0) is 9.53 Å². The number of allylic oxidation sites excluding steroid dienone is 1. The van der Waals surface area contributed by atoms with E-state index in [9.17, 15) is 19.7 Å². The van der Waals surface area contributed by atoms with Crippen molar-refractivity contribution >= 4 is 63.9 Å². The van der Waals surface area contributed by atoms with Gasteiger partial charge in [-0.15, -0.1) is 0 Å². The fourth-order valence-corrected chi connectivity index (χ4v) is 6.03. The summed E-state index contributed by atoms with van der Waals surface area (Å²) in [6.07, 6.45) is 1.18. The van der Waals surface area contributed by atoms with Gasteiger partial charge < -0.3 is 9.15 Å². The van der Waals surface area contributed by atoms with Crippen LogP contribution >= 0.6 is 46.1 Å². The minimum Gasteiger partial charge on any atom is -0.459 e. The molecule has 0 saturated carbocycles. The third-order valence-corrected chi connectivity index (χ3v) is 8.02. The summed E-state index contributed by atoms with van der Waals surface area (Å²) in [6.45, 7) is 5.19. The lowest BCUT2D eigenvalue weighted by Gasteiger charge is -2.25. The molecule has 1 atom stereocenters. The third-order valence-electron chi connectivity index (χ3n) is 6.17. The Morgan fingerprint density at radius 2 is 1.85 bits per heavy atom. The molecule has 0 aliphatic carbocycles. The molecule has 1 aliphatic rings. The topological polar surface area (TPSA) is 117 Å². The normalized spacial score (nSPS) is 15.2. The number of hydrogen-bond donors (Lipinski definition) is 0. The second-order valence-electron chi connectivity index (χ2n) is 9.33. The van der Waals surface area contributed by atoms with Crippen LogP contribution in [0.5, 0.6) is 0 Å². The SMILES string of the molecule is CC1=C(C(=O)OC(C)C)C(c2ccc(Cl)cc2)n2c(s/c(=C/c3ccc(-c4cc(Cl)c([N+](=O)[O-])cc4Cl)o3)c2=O)=N1. The largest absolute Gasteiger partial charge is 0.459 e. The first kappa shape index (κ1) is 28.8. The Balaban J connectivity index is 1.61. The van der Waals surface area contributed by atoms with Gasteiger partial charge in [0.05, 0.1) is 37.9 Å². The smallest absolute Gasteiger partial charge is 0.338 e. The number of halogens is 3. The van der Waals surface area contributed by atoms with Crippen molar-refractivity contribution in [3.8, 4) is 11.3 Å². The van der Waals surface area contributed by atoms with Crippen molar-refractivity contribution in [1.29, 1.82) is 0 Å². The highest BCUT2D eigenvalue weighted by Gasteiger charge is 2.33. The second-order valence-corrected chi connectivity index (χ2v) is 11.6. The molecule has 0 spiro atoms. The van der Waals surface area contributed by atoms with Crippen LogP contribution in [0.3, 0.4) is 0 Å². The summed E-state index contributed by atoms with van der Waals surface area (Å²) in [5, 5.41) is 11.7. The monoisotopic (exact) mass is 631 g/mol. The molecule has 5 rings (SSSR count). The minimum absolute atomic E-state index is 0.0839. The zero-order valence-electron chi connectivity index (χ0n) is 21.7. The maximum absolute atomic E-state index is 13.8. The Labute approximate surface area is 251 Å². The molecule has 210 valence electrons. The van der Waals surface area contributed by atoms with E-state index in [1.165, 1.54) is 10.6 Å². The Hall–Kier alpha value is -3.70. The van der Waals surface area contributed by atoms with E-state index >= 15 is 0 Å². The number of ether oxygens (including phenoxy) is 1. The van der Waals surface area contributed by atoms with E-state index in [2.05, 4.69) is 4.99 Å². The van der Waals surface area contributed by atoms with Crippen LogP contribution in [0.25, 0.3) is 17.4 Å². The van der Waals surface area contributed by atoms with Crippen LogP contribution in [0.4, 0.5) is 5.69 Å². The van der Waals surface area contributed by atoms with Crippen molar-refractivity contribution < 1.29 is 18.9 Å². The molecule has 0 radical (unpaired) electrons. The number of rotatable bonds is 6. The number of nitro groups is 1. The van der Waals surface area contributed by atoms with Gasteiger partial charge in [0.15, 0.2) is 4.80 Å². The average molecular weight is 633 g/mol. The van der Waals surface area contributed by atoms with Gasteiger partial charge in [-0.05, 0) is 56.7 Å². The first-order valence-corrected chi connectivity index (χ1v) is 14.1. The molecular formula is C28H20Cl3N3O6S. The lowest BCUT2D eigenvalue weighted by Crippen LogP contribution is -2.40. The zero-order chi connectivity index (χ0) is 29.6. The molecule has 2 aromatic heterocycles. The number of hydrogen-bond acceptors (Lipinski definition) is 8. The fourth-order valence-electron chi connectivity index (χ4n) is 4.39. The maximum Gasteiger partial charge on any atom is 0.338 e. The van der Waals surface area contributed by atoms with Crippen LogP contribution in [0.2, 0.25) is 15.1 Å². The molecular weight excluding hydrogens is 613 g/mol. The highest BCUT2D eigenvalue weighted by Crippen LogP contribution is 2.37. The van der Waals surface area contributed by atoms with E-state index < -0.39 is 16.9 Å². The summed E-state index contributed by atoms with van der Waals surface area (Å²) in [7, 11) is 0. The summed E-state index contributed by atoms with van der Waals surface area (Å²) in [6, 6.07) is 11.9. The van der Waals surface area contributed by atoms with Crippen molar-refractivity contribution in [3.63, 3.8) is 0 Å². The molecule has 3 heterocycles. The molecule has 4 aromatic rings. The number of aromatic nitrogens is 1. The fraction of sp³-hybridized carbons (Fsp3) is 0.179. The molecule has 0 amide bonds. The van der Waals surface area contributed by atoms with Gasteiger partial charge in [0.1, 0.15) is 16.5 Å². The number of thiazole rings is 1. The standard InChI is InChI=1S/C28H20Cl3N3O6S/c1-13(2)39-27(36)24-14(3)32-28-33(25(24)15-4-6-16(29)7-5-15)26(35)23(41-28)10-17-8-9-22(40-17)18-11-20(31)21(34(37)38)12-19(18)30/h4-13,25H,1-3H3/b23-10+. The molecule has 9 nitrogen and oxygen atoms in total. The molecule has 41 heavy (non-hydrogen) atoms. The summed E-state index contributed by atoms with van der Waals surface area (Å²) in [4.78, 5) is 42.5. The molecule has 1 unspecified atom stereocenters. The van der Waals surface area contributed by atoms with Crippen molar-refractivity contribution in [2.45, 2.75) is 32.9 Å². The van der Waals surface area contributed by atoms with E-state index in [1.807, 2.05) is 0 Å². The van der Waals surface area contributed by atoms with Gasteiger partial charge >= 0.3 is 5.97 Å². The lowest BCUT2D eigenvalue weighted by molar-refractivity contribution is -0.384. The molecule has 0 bridgehead atoms. The minimum atomic E-state index is -0.787. The van der Waals surface area contributed by atoms with Crippen molar-refractivity contribution in [2.24, 2.45) is 4.99 Å². The van der Waals surface area contributed by atoms with Gasteiger partial charge in [0.2, 0.25) is 0 Å². The number of carbonyl (C=O) groups excluding carboxylic acids is 1. The maximum atomic E-state index is 13.8. The van der Waals surface area contributed by atoms with Gasteiger partial charge in [-0.1, -0.05) is 58.3 Å². The van der Waals surface area contributed by atoms with Crippen LogP contribution in [-0.4, -0.2) is 21.6 Å². The van der Waals surface area contributed by atoms with Gasteiger partial charge in [-0.3, -0.25) is 19.5 Å². The van der Waals surface area contributed by atoms with Gasteiger partial charge in [0, 0.05) is 22.7 Å². The molecule has 0 fully saturated rings. The summed E-state index contributed by atoms with van der Waals surface area (Å²) in [5.74, 6) is 0.0678. The van der Waals surface area contributed by atoms with Crippen molar-refractivity contribution in [3.05, 3.63) is 116 Å². The summed E-state index contributed by atoms with van der Waals surface area (Å²) >= 11 is 19.6. The Bertz CT molecular complexity index is 1920. The van der Waals surface area contributed by atoms with Crippen LogP contribution in [0.1, 0.15) is 38.1 Å². The molecule has 1 aliphatic heterocycles. The highest BCUT2D eigenvalue weighted by atomic mass is 35.5. The Morgan fingerprint density at radius 3 is 2.51 bits per heavy atom. The second kappa shape index (κ2) is 11.3. The number of nitro benzene ring substituents is 1. The number of nitrogens with zero attached hydrogens (tertiary/aromatic N) is 3. The predicted octanol–water partition coefficient (Wildman–Crippen LogP) is 6.32. The summed E-state index contributed by atoms with van der Waals surface area (Å²) in [5.41, 5.74) is 1.01. The van der Waals surface area contributed by atoms with E-state index in [1.54, 1.807) is 63.2 Å². The van der Waals surface area contributed by atoms with Crippen molar-refractivity contribution in [1.82, 2.24) is 4.57 Å². The molecule has 0 N–H and O–H groups in total. The number of furan rings is 1. The number of carbonyl (C=O) groups is 1. The first-order valence-electron chi connectivity index (χ1n) is 12.2. The molecule has 13 heteroatoms. The van der Waals surface area contributed by atoms with Gasteiger partial charge in [0.25, 0.3) is 11.2 Å². The van der Waals surface area contributed by atoms with Gasteiger partial charge in [-0.2, -0.15) is 0 Å². The van der Waals surface area contributed by atoms with Crippen molar-refractivity contribution in [2.75, 3.05) is 0 Å². The van der Waals surface area contributed by atoms with Gasteiger partial charge in [-0.25, -0.2) is 9.79 Å². The van der Waals surface area contributed by atoms with E-state index in [0.29, 0.717) is 42.7 Å². The summed E-state index contributed by atoms with van der Waals surface area (Å²) < 4.78 is 13.2. The zero-order valence-corrected chi connectivity index (χ0v) is 24.8. The first-order chi connectivity index (χ1) is 19.4. The predicted molar refractivity (Wildman–Crippen MR) is 157 cm³/mol. The van der Waals surface area contributed by atoms with E-state index in [0.717, 1.165) is 17.4 Å². The van der Waals surface area contributed by atoms with E-state index in [4.69, 9.17) is 44.0 Å². The number of fused-ring (bicyclic) bond motifs is 1.